The van der Waals surface area contributed by atoms with Crippen molar-refractivity contribution in [1.82, 2.24) is 0 Å². The number of hydrogen-bond donors (Lipinski definition) is 4. The van der Waals surface area contributed by atoms with Crippen LogP contribution in [-0.4, -0.2) is 46.4 Å². The minimum atomic E-state index is -0.866. The highest BCUT2D eigenvalue weighted by molar-refractivity contribution is 4.90. The second-order valence-electron chi connectivity index (χ2n) is 2.11. The molecule has 0 aliphatic heterocycles. The first kappa shape index (κ1) is 9.84. The van der Waals surface area contributed by atoms with Gasteiger partial charge < -0.3 is 20.4 Å². The van der Waals surface area contributed by atoms with E-state index in [0.29, 0.717) is 5.92 Å². The third kappa shape index (κ3) is 3.79. The maximum Gasteiger partial charge on any atom is 0.0778 e. The van der Waals surface area contributed by atoms with Crippen LogP contribution in [0.25, 0.3) is 0 Å². The van der Waals surface area contributed by atoms with E-state index < -0.39 is 6.10 Å². The predicted molar refractivity (Wildman–Crippen MR) is 35.1 cm³/mol. The van der Waals surface area contributed by atoms with E-state index in [1.807, 2.05) is 0 Å². The summed E-state index contributed by atoms with van der Waals surface area (Å²) in [5.41, 5.74) is 0. The first-order valence-corrected chi connectivity index (χ1v) is 3.08. The Hall–Kier alpha value is -0.160. The number of hydrogen-bond acceptors (Lipinski definition) is 4. The van der Waals surface area contributed by atoms with Crippen LogP contribution < -0.4 is 0 Å². The Bertz CT molecular complexity index is 72.1. The maximum atomic E-state index is 8.80. The Labute approximate surface area is 59.7 Å². The zero-order valence-electron chi connectivity index (χ0n) is 5.69. The molecule has 61 valence electrons. The van der Waals surface area contributed by atoms with Crippen LogP contribution >= 0.6 is 0 Å². The van der Waals surface area contributed by atoms with E-state index in [9.17, 15) is 0 Å². The molecule has 4 nitrogen and oxygen atoms in total. The highest BCUT2D eigenvalue weighted by Crippen LogP contribution is 2.06. The molecule has 0 aromatic heterocycles. The normalized spacial score (nSPS) is 14.1. The zero-order valence-corrected chi connectivity index (χ0v) is 5.69. The predicted octanol–water partition coefficient (Wildman–Crippen LogP) is -1.71. The van der Waals surface area contributed by atoms with Crippen molar-refractivity contribution in [3.63, 3.8) is 0 Å². The van der Waals surface area contributed by atoms with Crippen molar-refractivity contribution in [2.24, 2.45) is 0 Å². The van der Waals surface area contributed by atoms with Crippen LogP contribution in [-0.2, 0) is 0 Å². The third-order valence-electron chi connectivity index (χ3n) is 1.18. The van der Waals surface area contributed by atoms with E-state index in [2.05, 4.69) is 0 Å². The van der Waals surface area contributed by atoms with Crippen molar-refractivity contribution in [3.05, 3.63) is 5.92 Å². The van der Waals surface area contributed by atoms with Gasteiger partial charge in [-0.25, -0.2) is 0 Å². The molecule has 0 rings (SSSR count). The molecule has 0 aliphatic carbocycles. The van der Waals surface area contributed by atoms with E-state index in [-0.39, 0.29) is 26.2 Å². The van der Waals surface area contributed by atoms with E-state index in [0.717, 1.165) is 0 Å². The van der Waals surface area contributed by atoms with Gasteiger partial charge in [-0.1, -0.05) is 0 Å². The molecular weight excluding hydrogens is 136 g/mol. The van der Waals surface area contributed by atoms with Crippen LogP contribution in [0.5, 0.6) is 0 Å². The minimum absolute atomic E-state index is 0.156. The summed E-state index contributed by atoms with van der Waals surface area (Å²) in [5.74, 6) is 0.432. The molecule has 0 saturated heterocycles. The van der Waals surface area contributed by atoms with Crippen LogP contribution in [0.2, 0.25) is 0 Å². The lowest BCUT2D eigenvalue weighted by Gasteiger charge is -2.12. The van der Waals surface area contributed by atoms with E-state index in [1.165, 1.54) is 0 Å². The Balaban J connectivity index is 3.41. The molecule has 0 aromatic carbocycles. The summed E-state index contributed by atoms with van der Waals surface area (Å²) < 4.78 is 0. The van der Waals surface area contributed by atoms with Crippen LogP contribution in [0.4, 0.5) is 0 Å². The molecule has 0 saturated carbocycles. The summed E-state index contributed by atoms with van der Waals surface area (Å²) in [4.78, 5) is 0. The summed E-state index contributed by atoms with van der Waals surface area (Å²) in [6.07, 6.45) is -0.710. The van der Waals surface area contributed by atoms with Crippen molar-refractivity contribution < 1.29 is 20.4 Å². The quantitative estimate of drug-likeness (QED) is 0.375. The number of aliphatic hydroxyl groups is 4. The molecule has 1 unspecified atom stereocenters. The molecule has 1 radical (unpaired) electrons. The summed E-state index contributed by atoms with van der Waals surface area (Å²) in [7, 11) is 0. The van der Waals surface area contributed by atoms with Gasteiger partial charge in [-0.15, -0.1) is 0 Å². The lowest BCUT2D eigenvalue weighted by molar-refractivity contribution is 0.0814. The molecule has 0 aliphatic rings. The molecule has 4 N–H and O–H groups in total. The number of rotatable bonds is 5. The molecule has 0 heterocycles. The van der Waals surface area contributed by atoms with E-state index >= 15 is 0 Å². The van der Waals surface area contributed by atoms with Crippen molar-refractivity contribution >= 4 is 0 Å². The minimum Gasteiger partial charge on any atom is -0.396 e. The molecule has 0 fully saturated rings. The summed E-state index contributed by atoms with van der Waals surface area (Å²) >= 11 is 0. The van der Waals surface area contributed by atoms with Crippen molar-refractivity contribution in [3.8, 4) is 0 Å². The van der Waals surface area contributed by atoms with Gasteiger partial charge in [0.25, 0.3) is 0 Å². The first-order valence-electron chi connectivity index (χ1n) is 3.08. The van der Waals surface area contributed by atoms with Crippen molar-refractivity contribution in [2.75, 3.05) is 19.8 Å². The van der Waals surface area contributed by atoms with Crippen LogP contribution in [0.3, 0.4) is 0 Å². The summed E-state index contributed by atoms with van der Waals surface area (Å²) in [6, 6.07) is 0. The van der Waals surface area contributed by atoms with E-state index in [1.54, 1.807) is 0 Å². The lowest BCUT2D eigenvalue weighted by atomic mass is 10.0. The topological polar surface area (TPSA) is 80.9 Å². The fourth-order valence-corrected chi connectivity index (χ4v) is 0.577. The monoisotopic (exact) mass is 149 g/mol. The van der Waals surface area contributed by atoms with Gasteiger partial charge in [0.05, 0.1) is 25.9 Å². The molecule has 0 aromatic rings. The highest BCUT2D eigenvalue weighted by atomic mass is 16.3. The molecular formula is C6H13O4. The Morgan fingerprint density at radius 3 is 1.90 bits per heavy atom. The van der Waals surface area contributed by atoms with Gasteiger partial charge in [0.1, 0.15) is 0 Å². The fourth-order valence-electron chi connectivity index (χ4n) is 0.577. The van der Waals surface area contributed by atoms with E-state index in [4.69, 9.17) is 20.4 Å². The van der Waals surface area contributed by atoms with Crippen LogP contribution in [0.15, 0.2) is 0 Å². The van der Waals surface area contributed by atoms with Gasteiger partial charge in [-0.2, -0.15) is 0 Å². The summed E-state index contributed by atoms with van der Waals surface area (Å²) in [5, 5.41) is 34.1. The molecule has 0 spiro atoms. The van der Waals surface area contributed by atoms with Gasteiger partial charge in [0, 0.05) is 5.92 Å². The van der Waals surface area contributed by atoms with Crippen molar-refractivity contribution in [2.45, 2.75) is 12.5 Å². The van der Waals surface area contributed by atoms with Gasteiger partial charge in [-0.05, 0) is 6.42 Å². The van der Waals surface area contributed by atoms with Gasteiger partial charge in [0.15, 0.2) is 0 Å². The molecule has 0 amide bonds. The van der Waals surface area contributed by atoms with Gasteiger partial charge in [-0.3, -0.25) is 0 Å². The first-order chi connectivity index (χ1) is 4.74. The van der Waals surface area contributed by atoms with Crippen LogP contribution in [0.1, 0.15) is 6.42 Å². The second-order valence-corrected chi connectivity index (χ2v) is 2.11. The van der Waals surface area contributed by atoms with Gasteiger partial charge in [0.2, 0.25) is 0 Å². The zero-order chi connectivity index (χ0) is 7.98. The Morgan fingerprint density at radius 1 is 1.10 bits per heavy atom. The van der Waals surface area contributed by atoms with Crippen LogP contribution in [0, 0.1) is 5.92 Å². The largest absolute Gasteiger partial charge is 0.396 e. The maximum absolute atomic E-state index is 8.80. The highest BCUT2D eigenvalue weighted by Gasteiger charge is 2.11. The van der Waals surface area contributed by atoms with Gasteiger partial charge >= 0.3 is 0 Å². The Morgan fingerprint density at radius 2 is 1.60 bits per heavy atom. The van der Waals surface area contributed by atoms with Crippen molar-refractivity contribution in [1.29, 1.82) is 0 Å². The molecule has 1 atom stereocenters. The molecule has 10 heavy (non-hydrogen) atoms. The average molecular weight is 149 g/mol. The molecule has 4 heteroatoms. The third-order valence-corrected chi connectivity index (χ3v) is 1.18. The number of aliphatic hydroxyl groups excluding tert-OH is 4. The smallest absolute Gasteiger partial charge is 0.0778 e. The Kier molecular flexibility index (Phi) is 5.52. The SMILES string of the molecule is OC[C](CO)CC(O)CO. The second kappa shape index (κ2) is 5.61. The fraction of sp³-hybridized carbons (Fsp3) is 0.833. The standard InChI is InChI=1S/C6H13O4/c7-2-5(3-8)1-6(10)4-9/h6-10H,1-4H2. The lowest BCUT2D eigenvalue weighted by Crippen LogP contribution is -2.20. The average Bonchev–Trinajstić information content (AvgIpc) is 1.99. The molecule has 0 bridgehead atoms. The summed E-state index contributed by atoms with van der Waals surface area (Å²) in [6.45, 7) is -0.829.